The molecule has 2 aromatic heterocycles. The molecule has 11 heteroatoms. The first kappa shape index (κ1) is 31.0. The lowest BCUT2D eigenvalue weighted by atomic mass is 10.0. The summed E-state index contributed by atoms with van der Waals surface area (Å²) >= 11 is 2.72. The van der Waals surface area contributed by atoms with Crippen molar-refractivity contribution in [2.75, 3.05) is 34.5 Å². The third kappa shape index (κ3) is 7.65. The van der Waals surface area contributed by atoms with E-state index in [1.54, 1.807) is 20.1 Å². The average molecular weight is 613 g/mol. The molecule has 4 aromatic rings. The Bertz CT molecular complexity index is 1600. The van der Waals surface area contributed by atoms with Crippen molar-refractivity contribution in [1.82, 2.24) is 0 Å². The molecule has 0 unspecified atom stereocenters. The summed E-state index contributed by atoms with van der Waals surface area (Å²) in [6, 6.07) is 13.0. The lowest BCUT2D eigenvalue weighted by molar-refractivity contribution is -0.144. The fourth-order valence-corrected chi connectivity index (χ4v) is 6.31. The summed E-state index contributed by atoms with van der Waals surface area (Å²) in [7, 11) is 4.18. The molecule has 0 radical (unpaired) electrons. The first-order chi connectivity index (χ1) is 20.2. The van der Waals surface area contributed by atoms with Crippen LogP contribution in [-0.4, -0.2) is 58.0 Å². The summed E-state index contributed by atoms with van der Waals surface area (Å²) in [6.07, 6.45) is 0.865. The monoisotopic (exact) mass is 612 g/mol. The quantitative estimate of drug-likeness (QED) is 0.0844. The summed E-state index contributed by atoms with van der Waals surface area (Å²) in [5.41, 5.74) is 0. The Morgan fingerprint density at radius 2 is 1.43 bits per heavy atom. The number of ether oxygens (including phenoxy) is 5. The van der Waals surface area contributed by atoms with Crippen LogP contribution in [0, 0.1) is 5.92 Å². The number of carbonyl (C=O) groups is 4. The van der Waals surface area contributed by atoms with Crippen LogP contribution in [0.25, 0.3) is 20.2 Å². The molecule has 2 heterocycles. The maximum absolute atomic E-state index is 12.7. The van der Waals surface area contributed by atoms with Crippen LogP contribution < -0.4 is 14.2 Å². The number of thiophene rings is 2. The van der Waals surface area contributed by atoms with Gasteiger partial charge in [-0.25, -0.2) is 0 Å². The van der Waals surface area contributed by atoms with Crippen LogP contribution in [0.3, 0.4) is 0 Å². The fraction of sp³-hybridized carbons (Fsp3) is 0.355. The van der Waals surface area contributed by atoms with Gasteiger partial charge in [0.1, 0.15) is 5.75 Å². The molecule has 1 atom stereocenters. The van der Waals surface area contributed by atoms with E-state index in [0.717, 1.165) is 20.2 Å². The lowest BCUT2D eigenvalue weighted by Crippen LogP contribution is -2.16. The summed E-state index contributed by atoms with van der Waals surface area (Å²) in [5, 5.41) is 1.80. The number of rotatable bonds is 15. The Hall–Kier alpha value is -3.96. The molecule has 0 amide bonds. The number of ketones is 2. The maximum Gasteiger partial charge on any atom is 0.308 e. The molecule has 0 N–H and O–H groups in total. The van der Waals surface area contributed by atoms with Gasteiger partial charge < -0.3 is 23.7 Å². The molecule has 0 aliphatic carbocycles. The van der Waals surface area contributed by atoms with Gasteiger partial charge in [0.15, 0.2) is 23.1 Å². The van der Waals surface area contributed by atoms with E-state index in [-0.39, 0.29) is 30.8 Å². The minimum atomic E-state index is -0.512. The second-order valence-corrected chi connectivity index (χ2v) is 11.7. The van der Waals surface area contributed by atoms with Gasteiger partial charge in [-0.15, -0.1) is 22.7 Å². The highest BCUT2D eigenvalue weighted by molar-refractivity contribution is 7.21. The molecule has 2 aromatic carbocycles. The molecular formula is C31H32O9S2. The fourth-order valence-electron chi connectivity index (χ4n) is 4.23. The second kappa shape index (κ2) is 14.3. The third-order valence-electron chi connectivity index (χ3n) is 6.54. The zero-order valence-electron chi connectivity index (χ0n) is 23.9. The second-order valence-electron chi connectivity index (χ2n) is 9.56. The van der Waals surface area contributed by atoms with Crippen molar-refractivity contribution in [1.29, 1.82) is 0 Å². The summed E-state index contributed by atoms with van der Waals surface area (Å²) in [5.74, 6) is 0.284. The van der Waals surface area contributed by atoms with E-state index in [0.29, 0.717) is 46.6 Å². The minimum absolute atomic E-state index is 0.0611. The summed E-state index contributed by atoms with van der Waals surface area (Å²) < 4.78 is 28.5. The zero-order chi connectivity index (χ0) is 30.2. The Kier molecular flexibility index (Phi) is 10.5. The molecule has 9 nitrogen and oxygen atoms in total. The number of carbonyl (C=O) groups excluding carboxylic acids is 4. The molecule has 0 aliphatic heterocycles. The zero-order valence-corrected chi connectivity index (χ0v) is 25.5. The smallest absolute Gasteiger partial charge is 0.308 e. The number of benzene rings is 2. The Morgan fingerprint density at radius 1 is 0.738 bits per heavy atom. The maximum atomic E-state index is 12.7. The van der Waals surface area contributed by atoms with Crippen LogP contribution in [0.4, 0.5) is 0 Å². The van der Waals surface area contributed by atoms with Gasteiger partial charge in [-0.3, -0.25) is 19.2 Å². The highest BCUT2D eigenvalue weighted by atomic mass is 32.1. The Balaban J connectivity index is 1.31. The van der Waals surface area contributed by atoms with Gasteiger partial charge in [-0.05, 0) is 47.2 Å². The van der Waals surface area contributed by atoms with Crippen LogP contribution in [0.1, 0.15) is 52.0 Å². The molecule has 42 heavy (non-hydrogen) atoms. The van der Waals surface area contributed by atoms with Crippen LogP contribution in [0.15, 0.2) is 42.5 Å². The molecule has 0 saturated heterocycles. The predicted octanol–water partition coefficient (Wildman–Crippen LogP) is 6.49. The van der Waals surface area contributed by atoms with Crippen molar-refractivity contribution in [2.24, 2.45) is 5.92 Å². The van der Waals surface area contributed by atoms with Crippen LogP contribution in [0.2, 0.25) is 0 Å². The molecule has 4 rings (SSSR count). The van der Waals surface area contributed by atoms with E-state index in [2.05, 4.69) is 4.74 Å². The molecular weight excluding hydrogens is 580 g/mol. The largest absolute Gasteiger partial charge is 0.493 e. The predicted molar refractivity (Wildman–Crippen MR) is 162 cm³/mol. The molecule has 222 valence electrons. The average Bonchev–Trinajstić information content (AvgIpc) is 3.62. The van der Waals surface area contributed by atoms with Crippen molar-refractivity contribution < 1.29 is 42.9 Å². The van der Waals surface area contributed by atoms with Crippen LogP contribution in [-0.2, 0) is 19.1 Å². The van der Waals surface area contributed by atoms with Crippen molar-refractivity contribution in [3.8, 4) is 17.2 Å². The first-order valence-corrected chi connectivity index (χ1v) is 15.0. The number of hydrogen-bond acceptors (Lipinski definition) is 11. The number of esters is 2. The van der Waals surface area contributed by atoms with E-state index in [9.17, 15) is 19.2 Å². The van der Waals surface area contributed by atoms with Gasteiger partial charge in [0.25, 0.3) is 0 Å². The third-order valence-corrected chi connectivity index (χ3v) is 8.82. The topological polar surface area (TPSA) is 114 Å². The number of Topliss-reactive ketones (excluding diaryl/α,β-unsaturated/α-hetero) is 2. The van der Waals surface area contributed by atoms with Crippen molar-refractivity contribution >= 4 is 66.4 Å². The molecule has 0 spiro atoms. The normalized spacial score (nSPS) is 11.7. The summed E-state index contributed by atoms with van der Waals surface area (Å²) in [6.45, 7) is 2.47. The lowest BCUT2D eigenvalue weighted by Gasteiger charge is -2.11. The Morgan fingerprint density at radius 3 is 2.14 bits per heavy atom. The molecule has 0 fully saturated rings. The van der Waals surface area contributed by atoms with E-state index in [1.807, 2.05) is 36.4 Å². The van der Waals surface area contributed by atoms with Crippen LogP contribution in [0.5, 0.6) is 17.2 Å². The Labute approximate surface area is 251 Å². The van der Waals surface area contributed by atoms with E-state index < -0.39 is 17.9 Å². The SMILES string of the molecule is COC(=O)CCC(=O)c1cc2ccc(OCCCOc3cc4cc(C(=O)C[C@H](C)C(=O)OC)sc4cc3OC)cc2s1. The van der Waals surface area contributed by atoms with Gasteiger partial charge in [0, 0.05) is 34.7 Å². The first-order valence-electron chi connectivity index (χ1n) is 13.3. The van der Waals surface area contributed by atoms with Gasteiger partial charge in [0.2, 0.25) is 0 Å². The number of methoxy groups -OCH3 is 3. The highest BCUT2D eigenvalue weighted by Gasteiger charge is 2.21. The molecule has 0 bridgehead atoms. The van der Waals surface area contributed by atoms with Crippen molar-refractivity contribution in [3.05, 3.63) is 52.2 Å². The van der Waals surface area contributed by atoms with Crippen LogP contribution >= 0.6 is 22.7 Å². The van der Waals surface area contributed by atoms with Gasteiger partial charge >= 0.3 is 11.9 Å². The van der Waals surface area contributed by atoms with E-state index in [1.165, 1.54) is 36.9 Å². The molecule has 0 aliphatic rings. The van der Waals surface area contributed by atoms with Crippen molar-refractivity contribution in [3.63, 3.8) is 0 Å². The molecule has 0 saturated carbocycles. The summed E-state index contributed by atoms with van der Waals surface area (Å²) in [4.78, 5) is 49.3. The highest BCUT2D eigenvalue weighted by Crippen LogP contribution is 2.37. The van der Waals surface area contributed by atoms with Gasteiger partial charge in [0.05, 0.1) is 56.6 Å². The minimum Gasteiger partial charge on any atom is -0.493 e. The van der Waals surface area contributed by atoms with Crippen molar-refractivity contribution in [2.45, 2.75) is 32.6 Å². The van der Waals surface area contributed by atoms with Gasteiger partial charge in [-0.1, -0.05) is 6.92 Å². The van der Waals surface area contributed by atoms with Gasteiger partial charge in [-0.2, -0.15) is 0 Å². The van der Waals surface area contributed by atoms with E-state index >= 15 is 0 Å². The standard InChI is InChI=1S/C31H32O9S2/c1-18(31(35)38-4)12-23(33)29-15-20-13-25(24(36-2)17-27(20)42-29)40-11-5-10-39-21-7-6-19-14-28(41-26(19)16-21)22(32)8-9-30(34)37-3/h6-7,13-18H,5,8-12H2,1-4H3/t18-/m0/s1. The number of hydrogen-bond donors (Lipinski definition) is 0. The number of fused-ring (bicyclic) bond motifs is 2. The van der Waals surface area contributed by atoms with E-state index in [4.69, 9.17) is 18.9 Å².